The molecular formula is C18H16FNO5. The summed E-state index contributed by atoms with van der Waals surface area (Å²) in [6.07, 6.45) is 0. The van der Waals surface area contributed by atoms with E-state index >= 15 is 0 Å². The van der Waals surface area contributed by atoms with E-state index in [9.17, 15) is 18.8 Å². The van der Waals surface area contributed by atoms with Crippen LogP contribution in [0.5, 0.6) is 5.75 Å². The van der Waals surface area contributed by atoms with E-state index in [2.05, 4.69) is 5.32 Å². The molecule has 2 N–H and O–H groups in total. The van der Waals surface area contributed by atoms with Crippen LogP contribution in [-0.4, -0.2) is 29.4 Å². The molecule has 0 spiro atoms. The van der Waals surface area contributed by atoms with E-state index < -0.39 is 30.1 Å². The van der Waals surface area contributed by atoms with Crippen molar-refractivity contribution in [1.82, 2.24) is 0 Å². The van der Waals surface area contributed by atoms with E-state index in [1.807, 2.05) is 0 Å². The van der Waals surface area contributed by atoms with Gasteiger partial charge >= 0.3 is 5.97 Å². The third kappa shape index (κ3) is 4.41. The highest BCUT2D eigenvalue weighted by Crippen LogP contribution is 2.23. The number of Topliss-reactive ketones (excluding diaryl/α,β-unsaturated/α-hetero) is 1. The van der Waals surface area contributed by atoms with Crippen LogP contribution in [0.25, 0.3) is 0 Å². The summed E-state index contributed by atoms with van der Waals surface area (Å²) in [5.74, 6) is -2.63. The number of benzene rings is 2. The Bertz CT molecular complexity index is 847. The first-order valence-electron chi connectivity index (χ1n) is 7.35. The second-order valence-corrected chi connectivity index (χ2v) is 5.34. The molecule has 0 fully saturated rings. The van der Waals surface area contributed by atoms with Crippen molar-refractivity contribution in [2.45, 2.75) is 13.8 Å². The number of carboxylic acids is 1. The van der Waals surface area contributed by atoms with Gasteiger partial charge in [-0.15, -0.1) is 0 Å². The number of carbonyl (C=O) groups is 3. The first-order chi connectivity index (χ1) is 11.8. The van der Waals surface area contributed by atoms with E-state index in [1.54, 1.807) is 6.07 Å². The third-order valence-corrected chi connectivity index (χ3v) is 3.43. The lowest BCUT2D eigenvalue weighted by atomic mass is 10.1. The maximum Gasteiger partial charge on any atom is 0.337 e. The number of nitrogens with one attached hydrogen (secondary N) is 1. The van der Waals surface area contributed by atoms with Crippen molar-refractivity contribution in [2.75, 3.05) is 11.9 Å². The molecule has 2 aromatic carbocycles. The Balaban J connectivity index is 2.12. The van der Waals surface area contributed by atoms with E-state index in [4.69, 9.17) is 9.84 Å². The molecule has 0 unspecified atom stereocenters. The highest BCUT2D eigenvalue weighted by atomic mass is 19.1. The van der Waals surface area contributed by atoms with Crippen LogP contribution in [0.4, 0.5) is 10.1 Å². The zero-order valence-corrected chi connectivity index (χ0v) is 13.6. The van der Waals surface area contributed by atoms with Crippen LogP contribution in [-0.2, 0) is 4.79 Å². The standard InChI is InChI=1S/C18H16FNO5/c1-10-7-16(13(11(2)21)8-14(10)19)25-9-17(22)20-15-6-4-3-5-12(15)18(23)24/h3-8H,9H2,1-2H3,(H,20,22)(H,23,24). The summed E-state index contributed by atoms with van der Waals surface area (Å²) in [5.41, 5.74) is 0.377. The largest absolute Gasteiger partial charge is 0.483 e. The molecule has 7 heteroatoms. The van der Waals surface area contributed by atoms with Crippen molar-refractivity contribution in [1.29, 1.82) is 0 Å². The number of rotatable bonds is 6. The molecule has 6 nitrogen and oxygen atoms in total. The number of aromatic carboxylic acids is 1. The fraction of sp³-hybridized carbons (Fsp3) is 0.167. The Kier molecular flexibility index (Phi) is 5.49. The summed E-state index contributed by atoms with van der Waals surface area (Å²) < 4.78 is 18.9. The predicted octanol–water partition coefficient (Wildman–Crippen LogP) is 3.05. The summed E-state index contributed by atoms with van der Waals surface area (Å²) >= 11 is 0. The Labute approximate surface area is 143 Å². The molecule has 2 rings (SSSR count). The van der Waals surface area contributed by atoms with E-state index in [0.29, 0.717) is 0 Å². The lowest BCUT2D eigenvalue weighted by Crippen LogP contribution is -2.22. The zero-order valence-electron chi connectivity index (χ0n) is 13.6. The smallest absolute Gasteiger partial charge is 0.337 e. The number of para-hydroxylation sites is 1. The molecule has 0 saturated heterocycles. The average Bonchev–Trinajstić information content (AvgIpc) is 2.55. The first kappa shape index (κ1) is 18.1. The summed E-state index contributed by atoms with van der Waals surface area (Å²) in [7, 11) is 0. The summed E-state index contributed by atoms with van der Waals surface area (Å²) in [5, 5.41) is 11.5. The highest BCUT2D eigenvalue weighted by molar-refractivity contribution is 6.01. The monoisotopic (exact) mass is 345 g/mol. The lowest BCUT2D eigenvalue weighted by Gasteiger charge is -2.12. The number of aryl methyl sites for hydroxylation is 1. The Morgan fingerprint density at radius 3 is 2.48 bits per heavy atom. The molecule has 0 aromatic heterocycles. The molecule has 1 amide bonds. The van der Waals surface area contributed by atoms with Crippen molar-refractivity contribution in [3.05, 3.63) is 58.9 Å². The van der Waals surface area contributed by atoms with Gasteiger partial charge < -0.3 is 15.2 Å². The Hall–Kier alpha value is -3.22. The number of ether oxygens (including phenoxy) is 1. The molecule has 25 heavy (non-hydrogen) atoms. The third-order valence-electron chi connectivity index (χ3n) is 3.43. The molecule has 0 atom stereocenters. The van der Waals surface area contributed by atoms with E-state index in [0.717, 1.165) is 6.07 Å². The number of halogens is 1. The average molecular weight is 345 g/mol. The van der Waals surface area contributed by atoms with Gasteiger partial charge in [0.2, 0.25) is 0 Å². The maximum absolute atomic E-state index is 13.6. The van der Waals surface area contributed by atoms with Gasteiger partial charge in [-0.25, -0.2) is 9.18 Å². The second kappa shape index (κ2) is 7.57. The van der Waals surface area contributed by atoms with Gasteiger partial charge in [-0.1, -0.05) is 12.1 Å². The van der Waals surface area contributed by atoms with Crippen molar-refractivity contribution >= 4 is 23.3 Å². The molecule has 130 valence electrons. The molecule has 0 aliphatic rings. The molecule has 2 aromatic rings. The van der Waals surface area contributed by atoms with Gasteiger partial charge in [-0.05, 0) is 43.7 Å². The number of hydrogen-bond donors (Lipinski definition) is 2. The predicted molar refractivity (Wildman–Crippen MR) is 88.7 cm³/mol. The Morgan fingerprint density at radius 1 is 1.16 bits per heavy atom. The Morgan fingerprint density at radius 2 is 1.84 bits per heavy atom. The van der Waals surface area contributed by atoms with Gasteiger partial charge in [0.05, 0.1) is 16.8 Å². The summed E-state index contributed by atoms with van der Waals surface area (Å²) in [6.45, 7) is 2.31. The number of carbonyl (C=O) groups excluding carboxylic acids is 2. The zero-order chi connectivity index (χ0) is 18.6. The molecule has 0 bridgehead atoms. The number of hydrogen-bond acceptors (Lipinski definition) is 4. The number of carboxylic acid groups (broad SMARTS) is 1. The molecule has 0 radical (unpaired) electrons. The van der Waals surface area contributed by atoms with Crippen LogP contribution in [0.15, 0.2) is 36.4 Å². The van der Waals surface area contributed by atoms with Gasteiger partial charge in [0, 0.05) is 0 Å². The van der Waals surface area contributed by atoms with E-state index in [1.165, 1.54) is 38.1 Å². The SMILES string of the molecule is CC(=O)c1cc(F)c(C)cc1OCC(=O)Nc1ccccc1C(=O)O. The number of amides is 1. The second-order valence-electron chi connectivity index (χ2n) is 5.34. The lowest BCUT2D eigenvalue weighted by molar-refractivity contribution is -0.118. The van der Waals surface area contributed by atoms with Crippen molar-refractivity contribution < 1.29 is 28.6 Å². The quantitative estimate of drug-likeness (QED) is 0.785. The molecule has 0 aliphatic carbocycles. The van der Waals surface area contributed by atoms with Gasteiger partial charge in [0.1, 0.15) is 11.6 Å². The fourth-order valence-electron chi connectivity index (χ4n) is 2.16. The highest BCUT2D eigenvalue weighted by Gasteiger charge is 2.15. The summed E-state index contributed by atoms with van der Waals surface area (Å²) in [6, 6.07) is 8.33. The topological polar surface area (TPSA) is 92.7 Å². The minimum absolute atomic E-state index is 0.0295. The number of ketones is 1. The fourth-order valence-corrected chi connectivity index (χ4v) is 2.16. The van der Waals surface area contributed by atoms with Gasteiger partial charge in [0.15, 0.2) is 12.4 Å². The van der Waals surface area contributed by atoms with Crippen LogP contribution >= 0.6 is 0 Å². The minimum Gasteiger partial charge on any atom is -0.483 e. The molecule has 0 saturated carbocycles. The molecule has 0 aliphatic heterocycles. The van der Waals surface area contributed by atoms with Crippen LogP contribution < -0.4 is 10.1 Å². The van der Waals surface area contributed by atoms with Crippen molar-refractivity contribution in [3.8, 4) is 5.75 Å². The molecular weight excluding hydrogens is 329 g/mol. The van der Waals surface area contributed by atoms with Crippen LogP contribution in [0.3, 0.4) is 0 Å². The maximum atomic E-state index is 13.6. The van der Waals surface area contributed by atoms with Crippen molar-refractivity contribution in [3.63, 3.8) is 0 Å². The van der Waals surface area contributed by atoms with Crippen LogP contribution in [0, 0.1) is 12.7 Å². The number of anilines is 1. The van der Waals surface area contributed by atoms with Gasteiger partial charge in [-0.3, -0.25) is 9.59 Å². The first-order valence-corrected chi connectivity index (χ1v) is 7.35. The van der Waals surface area contributed by atoms with E-state index in [-0.39, 0.29) is 28.1 Å². The van der Waals surface area contributed by atoms with Crippen molar-refractivity contribution in [2.24, 2.45) is 0 Å². The van der Waals surface area contributed by atoms with Gasteiger partial charge in [0.25, 0.3) is 5.91 Å². The van der Waals surface area contributed by atoms with Gasteiger partial charge in [-0.2, -0.15) is 0 Å². The van der Waals surface area contributed by atoms with Crippen LogP contribution in [0.2, 0.25) is 0 Å². The normalized spacial score (nSPS) is 10.2. The summed E-state index contributed by atoms with van der Waals surface area (Å²) in [4.78, 5) is 34.7. The minimum atomic E-state index is -1.18. The van der Waals surface area contributed by atoms with Crippen LogP contribution in [0.1, 0.15) is 33.2 Å². The molecule has 0 heterocycles.